The van der Waals surface area contributed by atoms with E-state index in [1.807, 2.05) is 6.08 Å². The minimum Gasteiger partial charge on any atom is -0.550 e. The topological polar surface area (TPSA) is 98.3 Å². The van der Waals surface area contributed by atoms with Crippen LogP contribution >= 0.6 is 0 Å². The van der Waals surface area contributed by atoms with Crippen molar-refractivity contribution in [3.8, 4) is 0 Å². The summed E-state index contributed by atoms with van der Waals surface area (Å²) in [6.07, 6.45) is 9.86. The van der Waals surface area contributed by atoms with E-state index >= 15 is 0 Å². The van der Waals surface area contributed by atoms with E-state index in [0.29, 0.717) is 24.1 Å². The second kappa shape index (κ2) is 8.84. The van der Waals surface area contributed by atoms with Crippen LogP contribution in [0.5, 0.6) is 0 Å². The maximum atomic E-state index is 12.4. The molecule has 0 aromatic heterocycles. The molecule has 0 heterocycles. The Kier molecular flexibility index (Phi) is 6.27. The van der Waals surface area contributed by atoms with E-state index in [2.05, 4.69) is 10.6 Å². The first-order valence-corrected chi connectivity index (χ1v) is 9.62. The number of aliphatic carboxylic acids is 1. The van der Waals surface area contributed by atoms with Crippen LogP contribution in [0.4, 0.5) is 5.69 Å². The number of hydrogen-bond donors (Lipinski definition) is 2. The molecule has 6 heteroatoms. The average molecular weight is 369 g/mol. The van der Waals surface area contributed by atoms with Gasteiger partial charge in [-0.25, -0.2) is 0 Å². The summed E-state index contributed by atoms with van der Waals surface area (Å²) >= 11 is 0. The van der Waals surface area contributed by atoms with E-state index in [9.17, 15) is 19.5 Å². The molecule has 0 radical (unpaired) electrons. The molecule has 2 amide bonds. The standard InChI is InChI=1S/C21H26N2O4/c24-19(22-15-6-2-1-3-7-15)14-10-12-16(13-11-14)23-20(25)17-8-4-5-9-18(17)21(26)27/h4-5,10-13,15,17-18H,1-3,6-9H2,(H,22,24)(H,23,25)(H,26,27)/p-1/t17-,18-/m0/s1. The summed E-state index contributed by atoms with van der Waals surface area (Å²) in [5.41, 5.74) is 1.09. The number of carbonyl (C=O) groups is 3. The highest BCUT2D eigenvalue weighted by Crippen LogP contribution is 2.26. The fourth-order valence-corrected chi connectivity index (χ4v) is 3.82. The van der Waals surface area contributed by atoms with Gasteiger partial charge in [0.05, 0.1) is 5.92 Å². The molecule has 0 unspecified atom stereocenters. The maximum Gasteiger partial charge on any atom is 0.251 e. The highest BCUT2D eigenvalue weighted by atomic mass is 16.4. The van der Waals surface area contributed by atoms with Crippen LogP contribution in [0, 0.1) is 11.8 Å². The second-order valence-corrected chi connectivity index (χ2v) is 7.35. The van der Waals surface area contributed by atoms with Crippen molar-refractivity contribution >= 4 is 23.5 Å². The van der Waals surface area contributed by atoms with E-state index in [4.69, 9.17) is 0 Å². The van der Waals surface area contributed by atoms with Gasteiger partial charge >= 0.3 is 0 Å². The Balaban J connectivity index is 1.58. The Morgan fingerprint density at radius 3 is 2.15 bits per heavy atom. The molecule has 3 rings (SSSR count). The molecule has 0 saturated heterocycles. The molecular formula is C21H25N2O4-. The maximum absolute atomic E-state index is 12.4. The third-order valence-electron chi connectivity index (χ3n) is 5.43. The van der Waals surface area contributed by atoms with Crippen molar-refractivity contribution in [2.45, 2.75) is 51.0 Å². The molecule has 144 valence electrons. The van der Waals surface area contributed by atoms with Crippen molar-refractivity contribution in [1.29, 1.82) is 0 Å². The fraction of sp³-hybridized carbons (Fsp3) is 0.476. The normalized spacial score (nSPS) is 22.8. The molecule has 1 aromatic rings. The van der Waals surface area contributed by atoms with Gasteiger partial charge in [-0.05, 0) is 49.9 Å². The number of allylic oxidation sites excluding steroid dienone is 2. The molecule has 1 fully saturated rings. The smallest absolute Gasteiger partial charge is 0.251 e. The van der Waals surface area contributed by atoms with Crippen LogP contribution in [0.3, 0.4) is 0 Å². The Morgan fingerprint density at radius 2 is 1.52 bits per heavy atom. The number of carboxylic acid groups (broad SMARTS) is 1. The van der Waals surface area contributed by atoms with Gasteiger partial charge in [0.1, 0.15) is 0 Å². The van der Waals surface area contributed by atoms with Crippen LogP contribution in [-0.2, 0) is 9.59 Å². The monoisotopic (exact) mass is 369 g/mol. The largest absolute Gasteiger partial charge is 0.550 e. The van der Waals surface area contributed by atoms with Gasteiger partial charge in [-0.2, -0.15) is 0 Å². The summed E-state index contributed by atoms with van der Waals surface area (Å²) in [5.74, 6) is -3.10. The molecule has 0 bridgehead atoms. The zero-order valence-electron chi connectivity index (χ0n) is 15.3. The number of anilines is 1. The van der Waals surface area contributed by atoms with Gasteiger partial charge in [-0.15, -0.1) is 0 Å². The molecule has 0 spiro atoms. The Bertz CT molecular complexity index is 720. The molecule has 1 saturated carbocycles. The molecule has 2 aliphatic rings. The summed E-state index contributed by atoms with van der Waals surface area (Å²) in [4.78, 5) is 36.0. The van der Waals surface area contributed by atoms with Crippen LogP contribution in [0.1, 0.15) is 55.3 Å². The van der Waals surface area contributed by atoms with E-state index in [-0.39, 0.29) is 17.9 Å². The molecule has 2 N–H and O–H groups in total. The Hall–Kier alpha value is -2.63. The highest BCUT2D eigenvalue weighted by Gasteiger charge is 2.29. The summed E-state index contributed by atoms with van der Waals surface area (Å²) < 4.78 is 0. The molecule has 2 atom stereocenters. The zero-order valence-corrected chi connectivity index (χ0v) is 15.3. The predicted octanol–water partition coefficient (Wildman–Crippen LogP) is 2.02. The minimum atomic E-state index is -1.20. The third-order valence-corrected chi connectivity index (χ3v) is 5.43. The molecule has 6 nitrogen and oxygen atoms in total. The first-order chi connectivity index (χ1) is 13.0. The van der Waals surface area contributed by atoms with Gasteiger partial charge in [0.25, 0.3) is 5.91 Å². The average Bonchev–Trinajstić information content (AvgIpc) is 2.69. The van der Waals surface area contributed by atoms with Crippen molar-refractivity contribution < 1.29 is 19.5 Å². The first kappa shape index (κ1) is 19.1. The van der Waals surface area contributed by atoms with Gasteiger partial charge in [0, 0.05) is 29.2 Å². The van der Waals surface area contributed by atoms with Crippen LogP contribution in [0.15, 0.2) is 36.4 Å². The molecular weight excluding hydrogens is 344 g/mol. The van der Waals surface area contributed by atoms with E-state index in [0.717, 1.165) is 25.7 Å². The van der Waals surface area contributed by atoms with Gasteiger partial charge in [0.15, 0.2) is 0 Å². The minimum absolute atomic E-state index is 0.103. The molecule has 1 aromatic carbocycles. The lowest BCUT2D eigenvalue weighted by Crippen LogP contribution is -2.41. The predicted molar refractivity (Wildman–Crippen MR) is 99.8 cm³/mol. The van der Waals surface area contributed by atoms with Gasteiger partial charge < -0.3 is 20.5 Å². The fourth-order valence-electron chi connectivity index (χ4n) is 3.82. The van der Waals surface area contributed by atoms with Crippen molar-refractivity contribution in [1.82, 2.24) is 5.32 Å². The number of amides is 2. The summed E-state index contributed by atoms with van der Waals surface area (Å²) in [6, 6.07) is 6.92. The van der Waals surface area contributed by atoms with Crippen molar-refractivity contribution in [2.75, 3.05) is 5.32 Å². The SMILES string of the molecule is O=C(NC1CCCCC1)c1ccc(NC(=O)[C@H]2CC=CC[C@@H]2C(=O)[O-])cc1. The van der Waals surface area contributed by atoms with Crippen LogP contribution < -0.4 is 15.7 Å². The van der Waals surface area contributed by atoms with Gasteiger partial charge in [0.2, 0.25) is 5.91 Å². The van der Waals surface area contributed by atoms with Crippen LogP contribution in [0.2, 0.25) is 0 Å². The van der Waals surface area contributed by atoms with Crippen molar-refractivity contribution in [3.63, 3.8) is 0 Å². The summed E-state index contributed by atoms with van der Waals surface area (Å²) in [6.45, 7) is 0. The summed E-state index contributed by atoms with van der Waals surface area (Å²) in [7, 11) is 0. The van der Waals surface area contributed by atoms with E-state index in [1.165, 1.54) is 6.42 Å². The van der Waals surface area contributed by atoms with Crippen LogP contribution in [0.25, 0.3) is 0 Å². The Labute approximate surface area is 159 Å². The lowest BCUT2D eigenvalue weighted by molar-refractivity contribution is -0.313. The van der Waals surface area contributed by atoms with Gasteiger partial charge in [-0.1, -0.05) is 31.4 Å². The van der Waals surface area contributed by atoms with Crippen molar-refractivity contribution in [3.05, 3.63) is 42.0 Å². The number of nitrogens with one attached hydrogen (secondary N) is 2. The molecule has 0 aliphatic heterocycles. The first-order valence-electron chi connectivity index (χ1n) is 9.62. The number of carboxylic acids is 1. The Morgan fingerprint density at radius 1 is 0.889 bits per heavy atom. The highest BCUT2D eigenvalue weighted by molar-refractivity contribution is 5.97. The lowest BCUT2D eigenvalue weighted by atomic mass is 9.82. The summed E-state index contributed by atoms with van der Waals surface area (Å²) in [5, 5.41) is 17.0. The van der Waals surface area contributed by atoms with Crippen LogP contribution in [-0.4, -0.2) is 23.8 Å². The van der Waals surface area contributed by atoms with Gasteiger partial charge in [-0.3, -0.25) is 9.59 Å². The molecule has 2 aliphatic carbocycles. The van der Waals surface area contributed by atoms with Crippen molar-refractivity contribution in [2.24, 2.45) is 11.8 Å². The number of benzene rings is 1. The number of carbonyl (C=O) groups excluding carboxylic acids is 3. The van der Waals surface area contributed by atoms with E-state index in [1.54, 1.807) is 30.3 Å². The number of rotatable bonds is 5. The lowest BCUT2D eigenvalue weighted by Gasteiger charge is -2.28. The number of hydrogen-bond acceptors (Lipinski definition) is 4. The zero-order chi connectivity index (χ0) is 19.2. The quantitative estimate of drug-likeness (QED) is 0.776. The molecule has 27 heavy (non-hydrogen) atoms. The third kappa shape index (κ3) is 4.96. The second-order valence-electron chi connectivity index (χ2n) is 7.35. The van der Waals surface area contributed by atoms with E-state index < -0.39 is 17.8 Å².